The lowest BCUT2D eigenvalue weighted by molar-refractivity contribution is 0.282. The lowest BCUT2D eigenvalue weighted by atomic mass is 10.1. The van der Waals surface area contributed by atoms with Crippen LogP contribution >= 0.6 is 0 Å². The van der Waals surface area contributed by atoms with Gasteiger partial charge in [0.05, 0.1) is 0 Å². The van der Waals surface area contributed by atoms with Crippen molar-refractivity contribution in [1.82, 2.24) is 14.8 Å². The molecule has 2 N–H and O–H groups in total. The Morgan fingerprint density at radius 1 is 1.37 bits per heavy atom. The predicted molar refractivity (Wildman–Crippen MR) is 74.0 cm³/mol. The fourth-order valence-electron chi connectivity index (χ4n) is 2.07. The maximum Gasteiger partial charge on any atom is 0.164 e. The Morgan fingerprint density at radius 2 is 2.21 bits per heavy atom. The van der Waals surface area contributed by atoms with E-state index < -0.39 is 0 Å². The summed E-state index contributed by atoms with van der Waals surface area (Å²) in [4.78, 5) is 4.21. The number of aromatic nitrogens is 3. The third-order valence-corrected chi connectivity index (χ3v) is 3.05. The van der Waals surface area contributed by atoms with E-state index in [4.69, 9.17) is 10.5 Å². The number of rotatable bonds is 6. The molecule has 0 amide bonds. The van der Waals surface area contributed by atoms with Gasteiger partial charge in [0.15, 0.2) is 5.82 Å². The molecule has 0 unspecified atom stereocenters. The molecule has 0 aliphatic rings. The first kappa shape index (κ1) is 13.5. The van der Waals surface area contributed by atoms with Crippen molar-refractivity contribution >= 4 is 0 Å². The van der Waals surface area contributed by atoms with Gasteiger partial charge in [-0.05, 0) is 37.9 Å². The van der Waals surface area contributed by atoms with Crippen molar-refractivity contribution in [1.29, 1.82) is 0 Å². The van der Waals surface area contributed by atoms with Gasteiger partial charge in [0.25, 0.3) is 0 Å². The van der Waals surface area contributed by atoms with Crippen molar-refractivity contribution in [2.45, 2.75) is 33.4 Å². The summed E-state index contributed by atoms with van der Waals surface area (Å²) in [6, 6.07) is 6.13. The van der Waals surface area contributed by atoms with Crippen LogP contribution in [0.1, 0.15) is 23.9 Å². The number of nitrogens with two attached hydrogens (primary N) is 1. The van der Waals surface area contributed by atoms with Crippen LogP contribution in [-0.2, 0) is 19.6 Å². The van der Waals surface area contributed by atoms with Crippen LogP contribution in [0, 0.1) is 6.92 Å². The minimum absolute atomic E-state index is 0.427. The number of aryl methyl sites for hydroxylation is 2. The SMILES string of the molecule is CCn1ncnc1COc1c(C)cccc1CCN. The van der Waals surface area contributed by atoms with E-state index in [0.29, 0.717) is 13.2 Å². The third kappa shape index (κ3) is 3.12. The summed E-state index contributed by atoms with van der Waals surface area (Å²) in [5.74, 6) is 1.75. The Morgan fingerprint density at radius 3 is 2.95 bits per heavy atom. The Hall–Kier alpha value is -1.88. The third-order valence-electron chi connectivity index (χ3n) is 3.05. The molecule has 2 rings (SSSR count). The van der Waals surface area contributed by atoms with Gasteiger partial charge < -0.3 is 10.5 Å². The molecule has 0 bridgehead atoms. The second-order valence-electron chi connectivity index (χ2n) is 4.38. The molecule has 1 aromatic carbocycles. The maximum atomic E-state index is 5.93. The van der Waals surface area contributed by atoms with Gasteiger partial charge in [0.2, 0.25) is 0 Å². The number of nitrogens with zero attached hydrogens (tertiary/aromatic N) is 3. The zero-order valence-electron chi connectivity index (χ0n) is 11.5. The topological polar surface area (TPSA) is 66.0 Å². The van der Waals surface area contributed by atoms with Crippen molar-refractivity contribution in [3.8, 4) is 5.75 Å². The Bertz CT molecular complexity index is 536. The number of ether oxygens (including phenoxy) is 1. The average molecular weight is 260 g/mol. The molecule has 1 heterocycles. The van der Waals surface area contributed by atoms with Crippen molar-refractivity contribution in [3.05, 3.63) is 41.5 Å². The molecule has 0 aliphatic carbocycles. The highest BCUT2D eigenvalue weighted by molar-refractivity contribution is 5.41. The molecule has 0 aliphatic heterocycles. The molecule has 19 heavy (non-hydrogen) atoms. The van der Waals surface area contributed by atoms with Crippen LogP contribution in [0.15, 0.2) is 24.5 Å². The van der Waals surface area contributed by atoms with Crippen LogP contribution in [0.3, 0.4) is 0 Å². The van der Waals surface area contributed by atoms with Gasteiger partial charge in [-0.1, -0.05) is 18.2 Å². The van der Waals surface area contributed by atoms with E-state index in [2.05, 4.69) is 16.1 Å². The molecule has 0 fully saturated rings. The van der Waals surface area contributed by atoms with Crippen molar-refractivity contribution in [2.24, 2.45) is 5.73 Å². The molecular weight excluding hydrogens is 240 g/mol. The van der Waals surface area contributed by atoms with E-state index in [1.807, 2.05) is 30.7 Å². The van der Waals surface area contributed by atoms with Crippen molar-refractivity contribution in [2.75, 3.05) is 6.54 Å². The number of para-hydroxylation sites is 1. The first-order chi connectivity index (χ1) is 9.26. The van der Waals surface area contributed by atoms with Gasteiger partial charge >= 0.3 is 0 Å². The lowest BCUT2D eigenvalue weighted by Crippen LogP contribution is -2.10. The molecular formula is C14H20N4O. The standard InChI is InChI=1S/C14H20N4O/c1-3-18-13(16-10-17-18)9-19-14-11(2)5-4-6-12(14)7-8-15/h4-6,10H,3,7-9,15H2,1-2H3. The summed E-state index contributed by atoms with van der Waals surface area (Å²) in [6.45, 7) is 5.91. The second-order valence-corrected chi connectivity index (χ2v) is 4.38. The average Bonchev–Trinajstić information content (AvgIpc) is 2.86. The van der Waals surface area contributed by atoms with Gasteiger partial charge in [-0.25, -0.2) is 9.67 Å². The van der Waals surface area contributed by atoms with E-state index >= 15 is 0 Å². The normalized spacial score (nSPS) is 10.7. The molecule has 0 atom stereocenters. The van der Waals surface area contributed by atoms with Gasteiger partial charge in [-0.2, -0.15) is 5.10 Å². The second kappa shape index (κ2) is 6.33. The highest BCUT2D eigenvalue weighted by Crippen LogP contribution is 2.24. The Kier molecular flexibility index (Phi) is 4.52. The predicted octanol–water partition coefficient (Wildman–Crippen LogP) is 1.69. The first-order valence-corrected chi connectivity index (χ1v) is 6.54. The highest BCUT2D eigenvalue weighted by atomic mass is 16.5. The van der Waals surface area contributed by atoms with E-state index in [9.17, 15) is 0 Å². The fraction of sp³-hybridized carbons (Fsp3) is 0.429. The van der Waals surface area contributed by atoms with Crippen LogP contribution in [-0.4, -0.2) is 21.3 Å². The Balaban J connectivity index is 2.15. The number of benzene rings is 1. The monoisotopic (exact) mass is 260 g/mol. The first-order valence-electron chi connectivity index (χ1n) is 6.54. The molecule has 5 heteroatoms. The van der Waals surface area contributed by atoms with Crippen LogP contribution in [0.4, 0.5) is 0 Å². The molecule has 0 saturated carbocycles. The van der Waals surface area contributed by atoms with Crippen molar-refractivity contribution < 1.29 is 4.74 Å². The minimum atomic E-state index is 0.427. The highest BCUT2D eigenvalue weighted by Gasteiger charge is 2.09. The summed E-state index contributed by atoms with van der Waals surface area (Å²) in [6.07, 6.45) is 2.37. The largest absolute Gasteiger partial charge is 0.485 e. The van der Waals surface area contributed by atoms with E-state index in [0.717, 1.165) is 35.7 Å². The zero-order valence-corrected chi connectivity index (χ0v) is 11.5. The van der Waals surface area contributed by atoms with Crippen LogP contribution in [0.2, 0.25) is 0 Å². The summed E-state index contributed by atoms with van der Waals surface area (Å²) >= 11 is 0. The fourth-order valence-corrected chi connectivity index (χ4v) is 2.07. The summed E-state index contributed by atoms with van der Waals surface area (Å²) in [5, 5.41) is 4.13. The molecule has 1 aromatic heterocycles. The molecule has 0 spiro atoms. The smallest absolute Gasteiger partial charge is 0.164 e. The Labute approximate surface area is 113 Å². The number of hydrogen-bond donors (Lipinski definition) is 1. The quantitative estimate of drug-likeness (QED) is 0.858. The van der Waals surface area contributed by atoms with Crippen LogP contribution < -0.4 is 10.5 Å². The van der Waals surface area contributed by atoms with E-state index in [1.165, 1.54) is 0 Å². The summed E-state index contributed by atoms with van der Waals surface area (Å²) < 4.78 is 7.76. The van der Waals surface area contributed by atoms with E-state index in [1.54, 1.807) is 6.33 Å². The zero-order chi connectivity index (χ0) is 13.7. The van der Waals surface area contributed by atoms with Gasteiger partial charge in [0.1, 0.15) is 18.7 Å². The summed E-state index contributed by atoms with van der Waals surface area (Å²) in [7, 11) is 0. The maximum absolute atomic E-state index is 5.93. The molecule has 2 aromatic rings. The van der Waals surface area contributed by atoms with Gasteiger partial charge in [-0.15, -0.1) is 0 Å². The van der Waals surface area contributed by atoms with E-state index in [-0.39, 0.29) is 0 Å². The molecule has 102 valence electrons. The number of hydrogen-bond acceptors (Lipinski definition) is 4. The summed E-state index contributed by atoms with van der Waals surface area (Å²) in [5.41, 5.74) is 7.90. The van der Waals surface area contributed by atoms with Gasteiger partial charge in [0, 0.05) is 6.54 Å². The molecule has 0 saturated heterocycles. The van der Waals surface area contributed by atoms with Crippen LogP contribution in [0.25, 0.3) is 0 Å². The lowest BCUT2D eigenvalue weighted by Gasteiger charge is -2.13. The minimum Gasteiger partial charge on any atom is -0.485 e. The van der Waals surface area contributed by atoms with Crippen LogP contribution in [0.5, 0.6) is 5.75 Å². The molecule has 5 nitrogen and oxygen atoms in total. The van der Waals surface area contributed by atoms with Crippen molar-refractivity contribution in [3.63, 3.8) is 0 Å². The molecule has 0 radical (unpaired) electrons. The van der Waals surface area contributed by atoms with Gasteiger partial charge in [-0.3, -0.25) is 0 Å².